The van der Waals surface area contributed by atoms with Gasteiger partial charge in [0.25, 0.3) is 0 Å². The SMILES string of the molecule is Cc1cc(Cl)ccc1NC(=O)[C@@H](C)NS(=O)(=O)c1cc(Cl)ccc1Cl. The molecular formula is C16H15Cl3N2O3S. The van der Waals surface area contributed by atoms with Crippen molar-refractivity contribution in [3.05, 3.63) is 57.0 Å². The van der Waals surface area contributed by atoms with Crippen LogP contribution in [-0.2, 0) is 14.8 Å². The molecule has 0 saturated heterocycles. The molecular weight excluding hydrogens is 407 g/mol. The smallest absolute Gasteiger partial charge is 0.242 e. The highest BCUT2D eigenvalue weighted by Gasteiger charge is 2.24. The Morgan fingerprint density at radius 3 is 2.28 bits per heavy atom. The molecule has 1 atom stereocenters. The topological polar surface area (TPSA) is 75.3 Å². The van der Waals surface area contributed by atoms with E-state index in [0.29, 0.717) is 10.7 Å². The van der Waals surface area contributed by atoms with E-state index in [1.165, 1.54) is 25.1 Å². The lowest BCUT2D eigenvalue weighted by Crippen LogP contribution is -2.41. The van der Waals surface area contributed by atoms with E-state index in [-0.39, 0.29) is 14.9 Å². The van der Waals surface area contributed by atoms with Crippen LogP contribution in [0.5, 0.6) is 0 Å². The van der Waals surface area contributed by atoms with Gasteiger partial charge in [-0.3, -0.25) is 4.79 Å². The van der Waals surface area contributed by atoms with Gasteiger partial charge >= 0.3 is 0 Å². The molecule has 9 heteroatoms. The van der Waals surface area contributed by atoms with Gasteiger partial charge in [0.1, 0.15) is 4.90 Å². The molecule has 0 heterocycles. The Morgan fingerprint density at radius 1 is 1.04 bits per heavy atom. The summed E-state index contributed by atoms with van der Waals surface area (Å²) >= 11 is 17.6. The summed E-state index contributed by atoms with van der Waals surface area (Å²) in [7, 11) is -4.02. The second kappa shape index (κ2) is 7.93. The fourth-order valence-corrected chi connectivity index (χ4v) is 4.23. The van der Waals surface area contributed by atoms with Gasteiger partial charge in [0.05, 0.1) is 11.1 Å². The predicted octanol–water partition coefficient (Wildman–Crippen LogP) is 4.26. The van der Waals surface area contributed by atoms with Gasteiger partial charge in [-0.05, 0) is 55.8 Å². The molecule has 0 aliphatic carbocycles. The maximum Gasteiger partial charge on any atom is 0.242 e. The number of carbonyl (C=O) groups excluding carboxylic acids is 1. The van der Waals surface area contributed by atoms with Gasteiger partial charge in [0.2, 0.25) is 15.9 Å². The summed E-state index contributed by atoms with van der Waals surface area (Å²) in [5.74, 6) is -0.521. The van der Waals surface area contributed by atoms with E-state index in [4.69, 9.17) is 34.8 Å². The summed E-state index contributed by atoms with van der Waals surface area (Å²) in [6.45, 7) is 3.21. The van der Waals surface area contributed by atoms with Crippen LogP contribution in [0.15, 0.2) is 41.3 Å². The van der Waals surface area contributed by atoms with Crippen LogP contribution < -0.4 is 10.0 Å². The van der Waals surface area contributed by atoms with Crippen LogP contribution in [0.3, 0.4) is 0 Å². The number of benzene rings is 2. The number of nitrogens with one attached hydrogen (secondary N) is 2. The molecule has 2 N–H and O–H groups in total. The molecule has 0 spiro atoms. The van der Waals surface area contributed by atoms with Gasteiger partial charge in [0, 0.05) is 15.7 Å². The first-order valence-corrected chi connectivity index (χ1v) is 9.76. The Balaban J connectivity index is 2.16. The van der Waals surface area contributed by atoms with Crippen LogP contribution >= 0.6 is 34.8 Å². The maximum absolute atomic E-state index is 12.4. The van der Waals surface area contributed by atoms with Crippen LogP contribution in [0, 0.1) is 6.92 Å². The molecule has 134 valence electrons. The summed E-state index contributed by atoms with van der Waals surface area (Å²) in [5, 5.41) is 3.43. The zero-order valence-electron chi connectivity index (χ0n) is 13.3. The van der Waals surface area contributed by atoms with Crippen molar-refractivity contribution in [2.75, 3.05) is 5.32 Å². The molecule has 0 aliphatic heterocycles. The molecule has 2 aromatic carbocycles. The molecule has 0 radical (unpaired) electrons. The normalized spacial score (nSPS) is 12.7. The van der Waals surface area contributed by atoms with Crippen LogP contribution in [-0.4, -0.2) is 20.4 Å². The van der Waals surface area contributed by atoms with Crippen LogP contribution in [0.2, 0.25) is 15.1 Å². The van der Waals surface area contributed by atoms with Crippen molar-refractivity contribution < 1.29 is 13.2 Å². The lowest BCUT2D eigenvalue weighted by atomic mass is 10.2. The molecule has 2 rings (SSSR count). The summed E-state index contributed by atoms with van der Waals surface area (Å²) in [6, 6.07) is 8.01. The molecule has 1 amide bonds. The molecule has 0 fully saturated rings. The van der Waals surface area contributed by atoms with Gasteiger partial charge in [0.15, 0.2) is 0 Å². The molecule has 0 aromatic heterocycles. The van der Waals surface area contributed by atoms with E-state index in [1.54, 1.807) is 25.1 Å². The van der Waals surface area contributed by atoms with Crippen molar-refractivity contribution in [1.29, 1.82) is 0 Å². The minimum atomic E-state index is -4.02. The molecule has 5 nitrogen and oxygen atoms in total. The Morgan fingerprint density at radius 2 is 1.64 bits per heavy atom. The van der Waals surface area contributed by atoms with E-state index < -0.39 is 22.0 Å². The summed E-state index contributed by atoms with van der Waals surface area (Å²) in [6.07, 6.45) is 0. The Hall–Kier alpha value is -1.31. The Bertz CT molecular complexity index is 917. The molecule has 25 heavy (non-hydrogen) atoms. The Kier molecular flexibility index (Phi) is 6.35. The zero-order valence-corrected chi connectivity index (χ0v) is 16.4. The number of amides is 1. The van der Waals surface area contributed by atoms with Gasteiger partial charge < -0.3 is 5.32 Å². The van der Waals surface area contributed by atoms with Crippen LogP contribution in [0.4, 0.5) is 5.69 Å². The van der Waals surface area contributed by atoms with Crippen LogP contribution in [0.25, 0.3) is 0 Å². The van der Waals surface area contributed by atoms with Crippen molar-refractivity contribution in [1.82, 2.24) is 4.72 Å². The highest BCUT2D eigenvalue weighted by atomic mass is 35.5. The Labute approximate surface area is 161 Å². The van der Waals surface area contributed by atoms with E-state index in [0.717, 1.165) is 5.56 Å². The molecule has 2 aromatic rings. The summed E-state index contributed by atoms with van der Waals surface area (Å²) in [4.78, 5) is 12.1. The van der Waals surface area contributed by atoms with E-state index >= 15 is 0 Å². The third-order valence-electron chi connectivity index (χ3n) is 3.35. The van der Waals surface area contributed by atoms with Crippen molar-refractivity contribution in [2.24, 2.45) is 0 Å². The van der Waals surface area contributed by atoms with Crippen molar-refractivity contribution in [3.8, 4) is 0 Å². The zero-order chi connectivity index (χ0) is 18.8. The molecule has 0 aliphatic rings. The van der Waals surface area contributed by atoms with Crippen molar-refractivity contribution in [3.63, 3.8) is 0 Å². The fourth-order valence-electron chi connectivity index (χ4n) is 2.04. The lowest BCUT2D eigenvalue weighted by Gasteiger charge is -2.16. The average molecular weight is 422 g/mol. The highest BCUT2D eigenvalue weighted by Crippen LogP contribution is 2.25. The second-order valence-electron chi connectivity index (χ2n) is 5.37. The van der Waals surface area contributed by atoms with Gasteiger partial charge in [-0.2, -0.15) is 4.72 Å². The van der Waals surface area contributed by atoms with Crippen LogP contribution in [0.1, 0.15) is 12.5 Å². The minimum absolute atomic E-state index is 0.0121. The number of halogens is 3. The molecule has 0 saturated carbocycles. The van der Waals surface area contributed by atoms with E-state index in [1.807, 2.05) is 0 Å². The first-order chi connectivity index (χ1) is 11.6. The predicted molar refractivity (Wildman–Crippen MR) is 101 cm³/mol. The second-order valence-corrected chi connectivity index (χ2v) is 8.33. The monoisotopic (exact) mass is 420 g/mol. The average Bonchev–Trinajstić information content (AvgIpc) is 2.51. The van der Waals surface area contributed by atoms with E-state index in [2.05, 4.69) is 10.0 Å². The number of anilines is 1. The highest BCUT2D eigenvalue weighted by molar-refractivity contribution is 7.89. The van der Waals surface area contributed by atoms with Gasteiger partial charge in [-0.15, -0.1) is 0 Å². The summed E-state index contributed by atoms with van der Waals surface area (Å²) in [5.41, 5.74) is 1.30. The first-order valence-electron chi connectivity index (χ1n) is 7.14. The maximum atomic E-state index is 12.4. The number of carbonyl (C=O) groups is 1. The number of rotatable bonds is 5. The number of hydrogen-bond acceptors (Lipinski definition) is 3. The largest absolute Gasteiger partial charge is 0.324 e. The van der Waals surface area contributed by atoms with Gasteiger partial charge in [-0.1, -0.05) is 34.8 Å². The minimum Gasteiger partial charge on any atom is -0.324 e. The third kappa shape index (κ3) is 5.09. The fraction of sp³-hybridized carbons (Fsp3) is 0.188. The van der Waals surface area contributed by atoms with E-state index in [9.17, 15) is 13.2 Å². The number of aryl methyl sites for hydroxylation is 1. The number of sulfonamides is 1. The standard InChI is InChI=1S/C16H15Cl3N2O3S/c1-9-7-11(17)4-6-14(9)20-16(22)10(2)21-25(23,24)15-8-12(18)3-5-13(15)19/h3-8,10,21H,1-2H3,(H,20,22)/t10-/m1/s1. The summed E-state index contributed by atoms with van der Waals surface area (Å²) < 4.78 is 27.1. The quantitative estimate of drug-likeness (QED) is 0.757. The molecule has 0 unspecified atom stereocenters. The van der Waals surface area contributed by atoms with Crippen molar-refractivity contribution in [2.45, 2.75) is 24.8 Å². The molecule has 0 bridgehead atoms. The lowest BCUT2D eigenvalue weighted by molar-refractivity contribution is -0.117. The third-order valence-corrected chi connectivity index (χ3v) is 5.85. The number of hydrogen-bond donors (Lipinski definition) is 2. The van der Waals surface area contributed by atoms with Crippen molar-refractivity contribution >= 4 is 56.4 Å². The first kappa shape index (κ1) is 20.0. The van der Waals surface area contributed by atoms with Gasteiger partial charge in [-0.25, -0.2) is 8.42 Å².